The highest BCUT2D eigenvalue weighted by Crippen LogP contribution is 2.34. The van der Waals surface area contributed by atoms with E-state index in [1.54, 1.807) is 6.07 Å². The van der Waals surface area contributed by atoms with Crippen molar-refractivity contribution in [2.75, 3.05) is 31.7 Å². The van der Waals surface area contributed by atoms with E-state index in [1.807, 2.05) is 0 Å². The molecule has 0 radical (unpaired) electrons. The number of hydrogen-bond acceptors (Lipinski definition) is 5. The van der Waals surface area contributed by atoms with Crippen LogP contribution in [0.3, 0.4) is 0 Å². The Kier molecular flexibility index (Phi) is 3.69. The van der Waals surface area contributed by atoms with Crippen LogP contribution in [0.5, 0.6) is 0 Å². The van der Waals surface area contributed by atoms with Gasteiger partial charge in [0.25, 0.3) is 0 Å². The van der Waals surface area contributed by atoms with E-state index in [1.165, 1.54) is 12.8 Å². The number of nitrogens with two attached hydrogens (primary N) is 1. The molecule has 3 N–H and O–H groups in total. The number of anilines is 2. The van der Waals surface area contributed by atoms with Gasteiger partial charge in [-0.2, -0.15) is 4.98 Å². The van der Waals surface area contributed by atoms with Crippen LogP contribution in [-0.2, 0) is 0 Å². The highest BCUT2D eigenvalue weighted by molar-refractivity contribution is 6.29. The summed E-state index contributed by atoms with van der Waals surface area (Å²) >= 11 is 5.82. The van der Waals surface area contributed by atoms with Crippen LogP contribution in [0.2, 0.25) is 5.15 Å². The summed E-state index contributed by atoms with van der Waals surface area (Å²) in [6.45, 7) is 0.852. The summed E-state index contributed by atoms with van der Waals surface area (Å²) in [6, 6.07) is 2.22. The Bertz CT molecular complexity index is 369. The van der Waals surface area contributed by atoms with Gasteiger partial charge in [0.1, 0.15) is 11.0 Å². The molecule has 0 aromatic carbocycles. The number of nitrogens with zero attached hydrogens (tertiary/aromatic N) is 3. The molecule has 6 heteroatoms. The number of hydrogen-bond donors (Lipinski definition) is 2. The maximum atomic E-state index is 5.82. The predicted octanol–water partition coefficient (Wildman–Crippen LogP) is 1.46. The van der Waals surface area contributed by atoms with Crippen LogP contribution >= 0.6 is 11.6 Å². The lowest BCUT2D eigenvalue weighted by molar-refractivity contribution is 0.276. The lowest BCUT2D eigenvalue weighted by atomic mass is 10.1. The largest absolute Gasteiger partial charge is 0.368 e. The van der Waals surface area contributed by atoms with Gasteiger partial charge >= 0.3 is 0 Å². The van der Waals surface area contributed by atoms with Crippen LogP contribution in [-0.4, -0.2) is 41.5 Å². The molecule has 1 aromatic rings. The molecule has 1 heterocycles. The fourth-order valence-corrected chi connectivity index (χ4v) is 2.18. The summed E-state index contributed by atoms with van der Waals surface area (Å²) in [5, 5.41) is 3.64. The molecule has 1 saturated carbocycles. The Hall–Kier alpha value is -1.07. The third kappa shape index (κ3) is 3.44. The first kappa shape index (κ1) is 12.4. The number of nitrogen functional groups attached to an aromatic ring is 1. The lowest BCUT2D eigenvalue weighted by Crippen LogP contribution is -2.36. The first-order chi connectivity index (χ1) is 8.06. The third-order valence-corrected chi connectivity index (χ3v) is 3.23. The zero-order valence-electron chi connectivity index (χ0n) is 10.2. The van der Waals surface area contributed by atoms with Gasteiger partial charge in [-0.05, 0) is 32.9 Å². The fourth-order valence-electron chi connectivity index (χ4n) is 1.99. The average molecular weight is 256 g/mol. The normalized spacial score (nSPS) is 17.2. The van der Waals surface area contributed by atoms with Crippen LogP contribution < -0.4 is 11.1 Å². The second-order valence-corrected chi connectivity index (χ2v) is 5.07. The van der Waals surface area contributed by atoms with E-state index >= 15 is 0 Å². The van der Waals surface area contributed by atoms with E-state index in [2.05, 4.69) is 34.3 Å². The van der Waals surface area contributed by atoms with E-state index < -0.39 is 0 Å². The summed E-state index contributed by atoms with van der Waals surface area (Å²) in [4.78, 5) is 10.2. The van der Waals surface area contributed by atoms with Gasteiger partial charge in [-0.15, -0.1) is 0 Å². The maximum absolute atomic E-state index is 5.82. The fraction of sp³-hybridized carbons (Fsp3) is 0.636. The van der Waals surface area contributed by atoms with Crippen LogP contribution in [0.4, 0.5) is 11.8 Å². The summed E-state index contributed by atoms with van der Waals surface area (Å²) < 4.78 is 0. The molecule has 1 aliphatic carbocycles. The van der Waals surface area contributed by atoms with Crippen molar-refractivity contribution < 1.29 is 0 Å². The van der Waals surface area contributed by atoms with Gasteiger partial charge < -0.3 is 16.0 Å². The zero-order valence-corrected chi connectivity index (χ0v) is 10.9. The molecule has 94 valence electrons. The van der Waals surface area contributed by atoms with Crippen molar-refractivity contribution in [3.05, 3.63) is 11.2 Å². The van der Waals surface area contributed by atoms with Crippen molar-refractivity contribution in [3.63, 3.8) is 0 Å². The van der Waals surface area contributed by atoms with E-state index in [9.17, 15) is 0 Å². The molecule has 2 rings (SSSR count). The van der Waals surface area contributed by atoms with E-state index in [4.69, 9.17) is 17.3 Å². The first-order valence-electron chi connectivity index (χ1n) is 5.76. The molecule has 5 nitrogen and oxygen atoms in total. The molecule has 0 aliphatic heterocycles. The van der Waals surface area contributed by atoms with Crippen molar-refractivity contribution in [2.24, 2.45) is 5.92 Å². The molecule has 0 amide bonds. The Balaban J connectivity index is 1.95. The van der Waals surface area contributed by atoms with Gasteiger partial charge in [0.2, 0.25) is 5.95 Å². The quantitative estimate of drug-likeness (QED) is 0.780. The average Bonchev–Trinajstić information content (AvgIpc) is 3.00. The highest BCUT2D eigenvalue weighted by atomic mass is 35.5. The monoisotopic (exact) mass is 255 g/mol. The van der Waals surface area contributed by atoms with Gasteiger partial charge in [0, 0.05) is 18.7 Å². The van der Waals surface area contributed by atoms with Crippen LogP contribution in [0, 0.1) is 5.92 Å². The standard InChI is InChI=1S/C11H18ClN5/c1-17(2)8(7-3-4-7)6-14-10-5-9(12)15-11(13)16-10/h5,7-8H,3-4,6H2,1-2H3,(H3,13,14,15,16)/t8-/m1/s1. The molecule has 1 aromatic heterocycles. The molecule has 1 atom stereocenters. The minimum Gasteiger partial charge on any atom is -0.368 e. The van der Waals surface area contributed by atoms with Crippen molar-refractivity contribution in [1.82, 2.24) is 14.9 Å². The summed E-state index contributed by atoms with van der Waals surface area (Å²) in [5.74, 6) is 1.69. The molecule has 0 bridgehead atoms. The van der Waals surface area contributed by atoms with E-state index in [-0.39, 0.29) is 5.95 Å². The second kappa shape index (κ2) is 5.06. The Morgan fingerprint density at radius 3 is 2.76 bits per heavy atom. The van der Waals surface area contributed by atoms with Crippen molar-refractivity contribution in [1.29, 1.82) is 0 Å². The zero-order chi connectivity index (χ0) is 12.4. The molecular weight excluding hydrogens is 238 g/mol. The van der Waals surface area contributed by atoms with Crippen LogP contribution in [0.1, 0.15) is 12.8 Å². The number of likely N-dealkylation sites (N-methyl/N-ethyl adjacent to an activating group) is 1. The van der Waals surface area contributed by atoms with Crippen LogP contribution in [0.25, 0.3) is 0 Å². The number of rotatable bonds is 5. The summed E-state index contributed by atoms with van der Waals surface area (Å²) in [7, 11) is 4.21. The third-order valence-electron chi connectivity index (χ3n) is 3.03. The molecular formula is C11H18ClN5. The molecule has 17 heavy (non-hydrogen) atoms. The van der Waals surface area contributed by atoms with Crippen molar-refractivity contribution in [3.8, 4) is 0 Å². The highest BCUT2D eigenvalue weighted by Gasteiger charge is 2.32. The number of halogens is 1. The Labute approximate surface area is 106 Å². The van der Waals surface area contributed by atoms with E-state index in [0.29, 0.717) is 17.0 Å². The number of aromatic nitrogens is 2. The number of nitrogens with one attached hydrogen (secondary N) is 1. The molecule has 0 spiro atoms. The minimum absolute atomic E-state index is 0.202. The predicted molar refractivity (Wildman–Crippen MR) is 70.1 cm³/mol. The Morgan fingerprint density at radius 1 is 1.53 bits per heavy atom. The molecule has 0 unspecified atom stereocenters. The van der Waals surface area contributed by atoms with Gasteiger partial charge in [-0.1, -0.05) is 11.6 Å². The SMILES string of the molecule is CN(C)[C@H](CNc1cc(Cl)nc(N)n1)C1CC1. The minimum atomic E-state index is 0.202. The van der Waals surface area contributed by atoms with Gasteiger partial charge in [-0.3, -0.25) is 0 Å². The molecule has 1 fully saturated rings. The van der Waals surface area contributed by atoms with Gasteiger partial charge in [0.05, 0.1) is 0 Å². The second-order valence-electron chi connectivity index (χ2n) is 4.68. The molecule has 1 aliphatic rings. The molecule has 0 saturated heterocycles. The van der Waals surface area contributed by atoms with Gasteiger partial charge in [-0.25, -0.2) is 4.98 Å². The van der Waals surface area contributed by atoms with Gasteiger partial charge in [0.15, 0.2) is 0 Å². The van der Waals surface area contributed by atoms with Crippen molar-refractivity contribution >= 4 is 23.4 Å². The first-order valence-corrected chi connectivity index (χ1v) is 6.14. The summed E-state index contributed by atoms with van der Waals surface area (Å²) in [5.41, 5.74) is 5.54. The maximum Gasteiger partial charge on any atom is 0.223 e. The summed E-state index contributed by atoms with van der Waals surface area (Å²) in [6.07, 6.45) is 2.63. The van der Waals surface area contributed by atoms with Crippen LogP contribution in [0.15, 0.2) is 6.07 Å². The Morgan fingerprint density at radius 2 is 2.24 bits per heavy atom. The topological polar surface area (TPSA) is 67.1 Å². The smallest absolute Gasteiger partial charge is 0.223 e. The van der Waals surface area contributed by atoms with E-state index in [0.717, 1.165) is 12.5 Å². The lowest BCUT2D eigenvalue weighted by Gasteiger charge is -2.24. The van der Waals surface area contributed by atoms with Crippen molar-refractivity contribution in [2.45, 2.75) is 18.9 Å².